The Morgan fingerprint density at radius 2 is 2.00 bits per heavy atom. The molecule has 154 valence electrons. The molecule has 3 heterocycles. The maximum absolute atomic E-state index is 12.8. The van der Waals surface area contributed by atoms with Crippen molar-refractivity contribution in [2.75, 3.05) is 17.7 Å². The van der Waals surface area contributed by atoms with E-state index in [4.69, 9.17) is 4.74 Å². The number of carbonyl (C=O) groups excluding carboxylic acids is 2. The number of carbonyl (C=O) groups is 2. The van der Waals surface area contributed by atoms with E-state index in [9.17, 15) is 9.59 Å². The lowest BCUT2D eigenvalue weighted by molar-refractivity contribution is -0.118. The van der Waals surface area contributed by atoms with Crippen molar-refractivity contribution >= 4 is 50.7 Å². The Labute approximate surface area is 186 Å². The molecule has 5 rings (SSSR count). The molecule has 0 saturated heterocycles. The summed E-state index contributed by atoms with van der Waals surface area (Å²) in [5.74, 6) is 1.21. The molecule has 4 aromatic rings. The molecule has 0 spiro atoms. The van der Waals surface area contributed by atoms with Crippen LogP contribution in [0.3, 0.4) is 0 Å². The number of nitrogens with one attached hydrogen (secondary N) is 1. The number of thiophene rings is 1. The molecule has 0 atom stereocenters. The van der Waals surface area contributed by atoms with Gasteiger partial charge in [-0.25, -0.2) is 9.97 Å². The summed E-state index contributed by atoms with van der Waals surface area (Å²) < 4.78 is 5.36. The van der Waals surface area contributed by atoms with E-state index in [0.29, 0.717) is 22.8 Å². The van der Waals surface area contributed by atoms with E-state index in [2.05, 4.69) is 33.5 Å². The smallest absolute Gasteiger partial charge is 0.262 e. The first-order valence-electron chi connectivity index (χ1n) is 9.63. The van der Waals surface area contributed by atoms with Gasteiger partial charge < -0.3 is 10.1 Å². The highest BCUT2D eigenvalue weighted by molar-refractivity contribution is 8.00. The van der Waals surface area contributed by atoms with Crippen molar-refractivity contribution in [2.24, 2.45) is 0 Å². The molecule has 6 nitrogen and oxygen atoms in total. The van der Waals surface area contributed by atoms with E-state index in [0.717, 1.165) is 25.7 Å². The minimum atomic E-state index is -0.225. The van der Waals surface area contributed by atoms with Gasteiger partial charge in [0, 0.05) is 15.8 Å². The number of thioether (sulfide) groups is 1. The third kappa shape index (κ3) is 4.04. The maximum Gasteiger partial charge on any atom is 0.262 e. The van der Waals surface area contributed by atoms with Crippen LogP contribution in [0, 0.1) is 6.92 Å². The molecule has 0 bridgehead atoms. The third-order valence-electron chi connectivity index (χ3n) is 4.80. The number of Topliss-reactive ketones (excluding diaryl/α,β-unsaturated/α-hetero) is 1. The molecule has 2 aromatic carbocycles. The van der Waals surface area contributed by atoms with E-state index < -0.39 is 0 Å². The second kappa shape index (κ2) is 8.13. The first kappa shape index (κ1) is 19.7. The Bertz CT molecular complexity index is 1320. The van der Waals surface area contributed by atoms with Crippen molar-refractivity contribution in [2.45, 2.75) is 11.9 Å². The second-order valence-electron chi connectivity index (χ2n) is 7.03. The van der Waals surface area contributed by atoms with E-state index in [1.165, 1.54) is 11.8 Å². The van der Waals surface area contributed by atoms with Crippen molar-refractivity contribution in [3.8, 4) is 16.2 Å². The van der Waals surface area contributed by atoms with Crippen molar-refractivity contribution in [1.82, 2.24) is 9.97 Å². The van der Waals surface area contributed by atoms with Crippen LogP contribution in [-0.4, -0.2) is 34.0 Å². The fraction of sp³-hybridized carbons (Fsp3) is 0.130. The molecule has 31 heavy (non-hydrogen) atoms. The predicted octanol–water partition coefficient (Wildman–Crippen LogP) is 4.97. The molecule has 2 aromatic heterocycles. The summed E-state index contributed by atoms with van der Waals surface area (Å²) in [6.07, 6.45) is 0. The Morgan fingerprint density at radius 3 is 2.84 bits per heavy atom. The minimum Gasteiger partial charge on any atom is -0.482 e. The fourth-order valence-electron chi connectivity index (χ4n) is 3.33. The lowest BCUT2D eigenvalue weighted by Gasteiger charge is -2.18. The molecule has 1 N–H and O–H groups in total. The van der Waals surface area contributed by atoms with Crippen LogP contribution in [0.5, 0.6) is 5.75 Å². The first-order valence-corrected chi connectivity index (χ1v) is 11.4. The number of hydrogen-bond donors (Lipinski definition) is 1. The summed E-state index contributed by atoms with van der Waals surface area (Å²) in [7, 11) is 0. The number of ketones is 1. The number of aryl methyl sites for hydroxylation is 1. The maximum atomic E-state index is 12.8. The van der Waals surface area contributed by atoms with Crippen molar-refractivity contribution < 1.29 is 14.3 Å². The second-order valence-corrected chi connectivity index (χ2v) is 9.03. The van der Waals surface area contributed by atoms with Crippen LogP contribution >= 0.6 is 23.1 Å². The number of nitrogens with zero attached hydrogens (tertiary/aromatic N) is 2. The van der Waals surface area contributed by atoms with Crippen LogP contribution in [0.1, 0.15) is 16.2 Å². The van der Waals surface area contributed by atoms with Gasteiger partial charge in [-0.2, -0.15) is 0 Å². The standard InChI is InChI=1S/C23H17N3O3S2/c1-13-24-22(16-10-20(31-23(16)25-13)14-5-3-2-4-6-14)30-12-18(27)15-7-8-19-17(9-15)26-21(28)11-29-19/h2-10H,11-12H2,1H3,(H,26,28). The molecular weight excluding hydrogens is 430 g/mol. The number of aromatic nitrogens is 2. The van der Waals surface area contributed by atoms with Crippen LogP contribution in [0.25, 0.3) is 20.7 Å². The predicted molar refractivity (Wildman–Crippen MR) is 123 cm³/mol. The highest BCUT2D eigenvalue weighted by Gasteiger charge is 2.19. The molecule has 0 fully saturated rings. The average Bonchev–Trinajstić information content (AvgIpc) is 3.21. The Kier molecular flexibility index (Phi) is 5.17. The average molecular weight is 448 g/mol. The molecule has 0 unspecified atom stereocenters. The monoisotopic (exact) mass is 447 g/mol. The van der Waals surface area contributed by atoms with Crippen LogP contribution in [-0.2, 0) is 4.79 Å². The molecule has 1 aliphatic rings. The summed E-state index contributed by atoms with van der Waals surface area (Å²) in [5, 5.41) is 4.49. The number of anilines is 1. The number of fused-ring (bicyclic) bond motifs is 2. The normalized spacial score (nSPS) is 12.9. The van der Waals surface area contributed by atoms with Crippen LogP contribution in [0.4, 0.5) is 5.69 Å². The van der Waals surface area contributed by atoms with Gasteiger partial charge in [0.15, 0.2) is 12.4 Å². The zero-order valence-electron chi connectivity index (χ0n) is 16.5. The van der Waals surface area contributed by atoms with Crippen LogP contribution in [0.2, 0.25) is 0 Å². The number of ether oxygens (including phenoxy) is 1. The lowest BCUT2D eigenvalue weighted by atomic mass is 10.1. The topological polar surface area (TPSA) is 81.2 Å². The van der Waals surface area contributed by atoms with Gasteiger partial charge in [0.05, 0.1) is 11.4 Å². The highest BCUT2D eigenvalue weighted by Crippen LogP contribution is 2.37. The molecule has 0 saturated carbocycles. The van der Waals surface area contributed by atoms with Crippen molar-refractivity contribution in [3.05, 3.63) is 66.0 Å². The summed E-state index contributed by atoms with van der Waals surface area (Å²) in [4.78, 5) is 35.6. The van der Waals surface area contributed by atoms with Gasteiger partial charge in [-0.1, -0.05) is 42.1 Å². The van der Waals surface area contributed by atoms with Gasteiger partial charge in [-0.15, -0.1) is 11.3 Å². The van der Waals surface area contributed by atoms with Crippen molar-refractivity contribution in [3.63, 3.8) is 0 Å². The zero-order valence-corrected chi connectivity index (χ0v) is 18.2. The van der Waals surface area contributed by atoms with Crippen molar-refractivity contribution in [1.29, 1.82) is 0 Å². The zero-order chi connectivity index (χ0) is 21.4. The number of amides is 1. The third-order valence-corrected chi connectivity index (χ3v) is 6.87. The van der Waals surface area contributed by atoms with E-state index in [1.54, 1.807) is 29.5 Å². The van der Waals surface area contributed by atoms with E-state index in [-0.39, 0.29) is 24.1 Å². The molecule has 0 radical (unpaired) electrons. The first-order chi connectivity index (χ1) is 15.1. The van der Waals surface area contributed by atoms with Crippen LogP contribution < -0.4 is 10.1 Å². The molecule has 1 aliphatic heterocycles. The quantitative estimate of drug-likeness (QED) is 0.264. The highest BCUT2D eigenvalue weighted by atomic mass is 32.2. The summed E-state index contributed by atoms with van der Waals surface area (Å²) in [6.45, 7) is 1.85. The number of benzene rings is 2. The van der Waals surface area contributed by atoms with E-state index in [1.807, 2.05) is 25.1 Å². The van der Waals surface area contributed by atoms with Gasteiger partial charge in [0.1, 0.15) is 21.4 Å². The summed E-state index contributed by atoms with van der Waals surface area (Å²) >= 11 is 3.02. The lowest BCUT2D eigenvalue weighted by Crippen LogP contribution is -2.25. The largest absolute Gasteiger partial charge is 0.482 e. The van der Waals surface area contributed by atoms with Crippen LogP contribution in [0.15, 0.2) is 59.6 Å². The number of hydrogen-bond acceptors (Lipinski definition) is 7. The molecule has 1 amide bonds. The minimum absolute atomic E-state index is 0.00911. The van der Waals surface area contributed by atoms with Gasteiger partial charge in [0.2, 0.25) is 0 Å². The molecule has 8 heteroatoms. The summed E-state index contributed by atoms with van der Waals surface area (Å²) in [5.41, 5.74) is 2.18. The molecular formula is C23H17N3O3S2. The fourth-order valence-corrected chi connectivity index (χ4v) is 5.41. The SMILES string of the molecule is Cc1nc(SCC(=O)c2ccc3c(c2)NC(=O)CO3)c2cc(-c3ccccc3)sc2n1. The van der Waals surface area contributed by atoms with Gasteiger partial charge in [0.25, 0.3) is 5.91 Å². The molecule has 0 aliphatic carbocycles. The Hall–Kier alpha value is -3.23. The number of rotatable bonds is 5. The Balaban J connectivity index is 1.39. The van der Waals surface area contributed by atoms with Gasteiger partial charge >= 0.3 is 0 Å². The van der Waals surface area contributed by atoms with Gasteiger partial charge in [-0.05, 0) is 36.8 Å². The Morgan fingerprint density at radius 1 is 1.16 bits per heavy atom. The van der Waals surface area contributed by atoms with Gasteiger partial charge in [-0.3, -0.25) is 9.59 Å². The van der Waals surface area contributed by atoms with E-state index >= 15 is 0 Å². The summed E-state index contributed by atoms with van der Waals surface area (Å²) in [6, 6.07) is 17.3.